The minimum atomic E-state index is -1.35. The molecule has 0 saturated carbocycles. The summed E-state index contributed by atoms with van der Waals surface area (Å²) < 4.78 is 11.4. The molecular weight excluding hydrogens is 566 g/mol. The Morgan fingerprint density at radius 2 is 0.889 bits per heavy atom. The molecule has 5 atom stereocenters. The number of hydrogen-bond acceptors (Lipinski definition) is 6. The molecule has 0 spiro atoms. The van der Waals surface area contributed by atoms with Crippen molar-refractivity contribution >= 4 is 6.09 Å². The number of amides is 1. The van der Waals surface area contributed by atoms with Crippen molar-refractivity contribution < 1.29 is 34.1 Å². The van der Waals surface area contributed by atoms with Crippen molar-refractivity contribution in [3.63, 3.8) is 0 Å². The lowest BCUT2D eigenvalue weighted by molar-refractivity contribution is -0.913. The summed E-state index contributed by atoms with van der Waals surface area (Å²) in [5, 5.41) is 31.6. The minimum absolute atomic E-state index is 0.0979. The summed E-state index contributed by atoms with van der Waals surface area (Å²) in [5.74, 6) is 0. The van der Waals surface area contributed by atoms with E-state index in [9.17, 15) is 20.1 Å². The Balaban J connectivity index is 2.50. The summed E-state index contributed by atoms with van der Waals surface area (Å²) in [6.45, 7) is 7.51. The zero-order chi connectivity index (χ0) is 33.0. The minimum Gasteiger partial charge on any atom is -0.420 e. The lowest BCUT2D eigenvalue weighted by atomic mass is 10.00. The molecule has 1 amide bonds. The molecule has 0 aromatic heterocycles. The van der Waals surface area contributed by atoms with Gasteiger partial charge in [0.1, 0.15) is 12.2 Å². The average Bonchev–Trinajstić information content (AvgIpc) is 3.03. The zero-order valence-corrected chi connectivity index (χ0v) is 30.0. The highest BCUT2D eigenvalue weighted by atomic mass is 16.6. The van der Waals surface area contributed by atoms with Gasteiger partial charge in [0, 0.05) is 0 Å². The molecule has 2 unspecified atom stereocenters. The van der Waals surface area contributed by atoms with Gasteiger partial charge in [-0.15, -0.1) is 0 Å². The number of aliphatic hydroxyl groups is 3. The molecule has 1 rings (SSSR count). The number of hydrogen-bond donors (Lipinski definition) is 3. The van der Waals surface area contributed by atoms with Gasteiger partial charge < -0.3 is 24.8 Å². The van der Waals surface area contributed by atoms with E-state index in [1.807, 2.05) is 0 Å². The normalized spacial score (nSPS) is 21.6. The van der Waals surface area contributed by atoms with Gasteiger partial charge in [-0.2, -0.15) is 9.28 Å². The van der Waals surface area contributed by atoms with Crippen molar-refractivity contribution in [1.82, 2.24) is 0 Å². The SMILES string of the molecule is CCCCCCCCCCCCCCCCCC[N+](CCCCCCCCCCCC)(C(=O)OCC)C1OC[C@@H](O)[C@@H](O)[C@H]1O. The molecule has 1 heterocycles. The summed E-state index contributed by atoms with van der Waals surface area (Å²) in [4.78, 5) is 13.6. The van der Waals surface area contributed by atoms with Crippen LogP contribution < -0.4 is 0 Å². The monoisotopic (exact) mass is 643 g/mol. The highest BCUT2D eigenvalue weighted by Gasteiger charge is 2.54. The molecule has 7 heteroatoms. The van der Waals surface area contributed by atoms with Crippen molar-refractivity contribution in [1.29, 1.82) is 0 Å². The van der Waals surface area contributed by atoms with Crippen LogP contribution >= 0.6 is 0 Å². The van der Waals surface area contributed by atoms with E-state index in [0.717, 1.165) is 38.5 Å². The third-order valence-electron chi connectivity index (χ3n) is 9.91. The van der Waals surface area contributed by atoms with Crippen LogP contribution in [0.4, 0.5) is 4.79 Å². The molecule has 45 heavy (non-hydrogen) atoms. The zero-order valence-electron chi connectivity index (χ0n) is 30.0. The van der Waals surface area contributed by atoms with E-state index in [-0.39, 0.29) is 23.8 Å². The van der Waals surface area contributed by atoms with Gasteiger partial charge in [-0.3, -0.25) is 0 Å². The van der Waals surface area contributed by atoms with Crippen LogP contribution in [0.15, 0.2) is 0 Å². The van der Waals surface area contributed by atoms with Gasteiger partial charge in [-0.1, -0.05) is 155 Å². The molecule has 1 saturated heterocycles. The summed E-state index contributed by atoms with van der Waals surface area (Å²) in [7, 11) is 0. The van der Waals surface area contributed by atoms with E-state index >= 15 is 0 Å². The molecule has 0 aromatic rings. The molecule has 0 aromatic carbocycles. The summed E-state index contributed by atoms with van der Waals surface area (Å²) in [5.41, 5.74) is 0. The highest BCUT2D eigenvalue weighted by molar-refractivity contribution is 5.60. The maximum atomic E-state index is 13.6. The van der Waals surface area contributed by atoms with Gasteiger partial charge in [0.25, 0.3) is 0 Å². The number of carbonyl (C=O) groups excluding carboxylic acids is 1. The van der Waals surface area contributed by atoms with Gasteiger partial charge in [0.15, 0.2) is 6.10 Å². The fourth-order valence-corrected chi connectivity index (χ4v) is 6.95. The molecule has 7 nitrogen and oxygen atoms in total. The predicted molar refractivity (Wildman–Crippen MR) is 186 cm³/mol. The quantitative estimate of drug-likeness (QED) is 0.0533. The number of quaternary nitrogens is 1. The van der Waals surface area contributed by atoms with Crippen molar-refractivity contribution in [2.45, 2.75) is 212 Å². The first-order valence-corrected chi connectivity index (χ1v) is 19.6. The molecule has 1 aliphatic rings. The van der Waals surface area contributed by atoms with Gasteiger partial charge >= 0.3 is 6.09 Å². The smallest absolute Gasteiger partial charge is 0.420 e. The van der Waals surface area contributed by atoms with Crippen LogP contribution in [-0.4, -0.2) is 76.7 Å². The van der Waals surface area contributed by atoms with Crippen molar-refractivity contribution in [2.75, 3.05) is 26.3 Å². The molecule has 0 bridgehead atoms. The summed E-state index contributed by atoms with van der Waals surface area (Å²) in [6.07, 6.45) is 27.4. The maximum absolute atomic E-state index is 13.6. The lowest BCUT2D eigenvalue weighted by Gasteiger charge is -2.46. The summed E-state index contributed by atoms with van der Waals surface area (Å²) in [6, 6.07) is 0. The Labute approximate surface area is 278 Å². The Bertz CT molecular complexity index is 679. The Morgan fingerprint density at radius 3 is 1.22 bits per heavy atom. The second kappa shape index (κ2) is 28.3. The van der Waals surface area contributed by atoms with Crippen LogP contribution in [0.5, 0.6) is 0 Å². The molecule has 268 valence electrons. The van der Waals surface area contributed by atoms with Crippen molar-refractivity contribution in [3.05, 3.63) is 0 Å². The first kappa shape index (κ1) is 42.3. The second-order valence-corrected chi connectivity index (χ2v) is 13.9. The third kappa shape index (κ3) is 18.4. The van der Waals surface area contributed by atoms with Crippen molar-refractivity contribution in [3.8, 4) is 0 Å². The summed E-state index contributed by atoms with van der Waals surface area (Å²) >= 11 is 0. The first-order chi connectivity index (χ1) is 21.9. The van der Waals surface area contributed by atoms with Crippen LogP contribution in [0, 0.1) is 0 Å². The fraction of sp³-hybridized carbons (Fsp3) is 0.974. The Hall–Kier alpha value is -0.730. The number of unbranched alkanes of at least 4 members (excludes halogenated alkanes) is 24. The van der Waals surface area contributed by atoms with Crippen LogP contribution in [0.25, 0.3) is 0 Å². The number of nitrogens with zero attached hydrogens (tertiary/aromatic N) is 1. The fourth-order valence-electron chi connectivity index (χ4n) is 6.95. The van der Waals surface area contributed by atoms with Crippen molar-refractivity contribution in [2.24, 2.45) is 0 Å². The standard InChI is InChI=1S/C38H76NO6/c1-4-7-9-11-13-15-17-18-19-20-21-22-24-26-28-30-32-39(38(43)44-6-3,37-36(42)35(41)34(40)33-45-37)31-29-27-25-23-16-14-12-10-8-5-2/h34-37,40-42H,4-33H2,1-3H3/q+1/t34-,35-,36-,37?,39?/m1/s1. The van der Waals surface area contributed by atoms with E-state index in [1.165, 1.54) is 128 Å². The Morgan fingerprint density at radius 1 is 0.556 bits per heavy atom. The molecule has 1 fully saturated rings. The molecule has 0 aliphatic carbocycles. The Kier molecular flexibility index (Phi) is 26.6. The highest BCUT2D eigenvalue weighted by Crippen LogP contribution is 2.30. The van der Waals surface area contributed by atoms with Crippen LogP contribution in [0.3, 0.4) is 0 Å². The molecular formula is C38H76NO6+. The van der Waals surface area contributed by atoms with E-state index in [2.05, 4.69) is 13.8 Å². The third-order valence-corrected chi connectivity index (χ3v) is 9.91. The molecule has 1 aliphatic heterocycles. The number of rotatable bonds is 30. The van der Waals surface area contributed by atoms with Gasteiger partial charge in [0.05, 0.1) is 26.3 Å². The molecule has 3 N–H and O–H groups in total. The van der Waals surface area contributed by atoms with E-state index < -0.39 is 24.5 Å². The van der Waals surface area contributed by atoms with Gasteiger partial charge in [-0.25, -0.2) is 0 Å². The molecule has 0 radical (unpaired) electrons. The predicted octanol–water partition coefficient (Wildman–Crippen LogP) is 9.58. The topological polar surface area (TPSA) is 96.2 Å². The van der Waals surface area contributed by atoms with Gasteiger partial charge in [-0.05, 0) is 32.6 Å². The van der Waals surface area contributed by atoms with Crippen LogP contribution in [-0.2, 0) is 9.47 Å². The van der Waals surface area contributed by atoms with Crippen LogP contribution in [0.1, 0.15) is 188 Å². The maximum Gasteiger partial charge on any atom is 0.518 e. The number of aliphatic hydroxyl groups excluding tert-OH is 3. The van der Waals surface area contributed by atoms with E-state index in [0.29, 0.717) is 13.1 Å². The lowest BCUT2D eigenvalue weighted by Crippen LogP contribution is -2.70. The largest absolute Gasteiger partial charge is 0.518 e. The number of carbonyl (C=O) groups is 1. The average molecular weight is 643 g/mol. The first-order valence-electron chi connectivity index (χ1n) is 19.6. The van der Waals surface area contributed by atoms with Crippen LogP contribution in [0.2, 0.25) is 0 Å². The van der Waals surface area contributed by atoms with Gasteiger partial charge in [0.2, 0.25) is 6.23 Å². The number of ether oxygens (including phenoxy) is 2. The second-order valence-electron chi connectivity index (χ2n) is 13.9. The van der Waals surface area contributed by atoms with E-state index in [1.54, 1.807) is 6.92 Å². The van der Waals surface area contributed by atoms with E-state index in [4.69, 9.17) is 9.47 Å².